The van der Waals surface area contributed by atoms with Gasteiger partial charge in [0, 0.05) is 0 Å². The van der Waals surface area contributed by atoms with Crippen LogP contribution >= 0.6 is 0 Å². The van der Waals surface area contributed by atoms with Gasteiger partial charge in [-0.25, -0.2) is 0 Å². The monoisotopic (exact) mass is 326 g/mol. The summed E-state index contributed by atoms with van der Waals surface area (Å²) in [5, 5.41) is 2.73. The molecule has 1 atom stereocenters. The first-order chi connectivity index (χ1) is 11.4. The highest BCUT2D eigenvalue weighted by Crippen LogP contribution is 2.22. The summed E-state index contributed by atoms with van der Waals surface area (Å²) in [6.07, 6.45) is -0.163. The molecule has 0 aliphatic heterocycles. The van der Waals surface area contributed by atoms with Crippen molar-refractivity contribution in [2.24, 2.45) is 5.73 Å². The Hall–Kier alpha value is -2.82. The molecule has 0 bridgehead atoms. The van der Waals surface area contributed by atoms with E-state index in [-0.39, 0.29) is 11.5 Å². The molecule has 0 radical (unpaired) electrons. The molecule has 5 nitrogen and oxygen atoms in total. The first-order valence-electron chi connectivity index (χ1n) is 7.86. The molecule has 0 fully saturated rings. The molecule has 0 aromatic heterocycles. The van der Waals surface area contributed by atoms with Crippen molar-refractivity contribution in [3.05, 3.63) is 59.2 Å². The fourth-order valence-electron chi connectivity index (χ4n) is 2.33. The predicted octanol–water partition coefficient (Wildman–Crippen LogP) is 3.20. The number of para-hydroxylation sites is 1. The maximum absolute atomic E-state index is 12.5. The van der Waals surface area contributed by atoms with Crippen molar-refractivity contribution in [2.45, 2.75) is 33.3 Å². The minimum absolute atomic E-state index is 0.271. The number of nitrogens with one attached hydrogen (secondary N) is 1. The van der Waals surface area contributed by atoms with Crippen molar-refractivity contribution in [3.63, 3.8) is 0 Å². The first-order valence-corrected chi connectivity index (χ1v) is 7.86. The van der Waals surface area contributed by atoms with Gasteiger partial charge in [-0.2, -0.15) is 0 Å². The molecule has 0 saturated heterocycles. The first kappa shape index (κ1) is 17.5. The van der Waals surface area contributed by atoms with Crippen LogP contribution < -0.4 is 15.8 Å². The summed E-state index contributed by atoms with van der Waals surface area (Å²) < 4.78 is 5.88. The molecule has 0 aliphatic carbocycles. The number of amides is 2. The van der Waals surface area contributed by atoms with E-state index in [1.807, 2.05) is 39.0 Å². The van der Waals surface area contributed by atoms with Gasteiger partial charge in [0.05, 0.1) is 11.3 Å². The summed E-state index contributed by atoms with van der Waals surface area (Å²) in [4.78, 5) is 24.0. The number of hydrogen-bond donors (Lipinski definition) is 2. The fraction of sp³-hybridized carbons (Fsp3) is 0.263. The van der Waals surface area contributed by atoms with Crippen molar-refractivity contribution < 1.29 is 14.3 Å². The van der Waals surface area contributed by atoms with Gasteiger partial charge in [0.25, 0.3) is 11.8 Å². The molecule has 0 aliphatic rings. The molecule has 0 unspecified atom stereocenters. The molecule has 0 saturated carbocycles. The van der Waals surface area contributed by atoms with E-state index in [0.29, 0.717) is 17.9 Å². The number of carbonyl (C=O) groups is 2. The van der Waals surface area contributed by atoms with Crippen molar-refractivity contribution in [3.8, 4) is 5.75 Å². The molecule has 0 heterocycles. The Kier molecular flexibility index (Phi) is 5.58. The quantitative estimate of drug-likeness (QED) is 0.855. The summed E-state index contributed by atoms with van der Waals surface area (Å²) in [6, 6.07) is 12.5. The normalized spacial score (nSPS) is 11.6. The number of nitrogens with two attached hydrogens (primary N) is 1. The van der Waals surface area contributed by atoms with Crippen LogP contribution in [0.2, 0.25) is 0 Å². The average molecular weight is 326 g/mol. The maximum atomic E-state index is 12.5. The third-order valence-electron chi connectivity index (χ3n) is 3.73. The average Bonchev–Trinajstić information content (AvgIpc) is 2.55. The SMILES string of the molecule is CC[C@H](Oc1cc(C)ccc1C)C(=O)Nc1ccccc1C(N)=O. The van der Waals surface area contributed by atoms with E-state index in [2.05, 4.69) is 5.32 Å². The molecule has 24 heavy (non-hydrogen) atoms. The van der Waals surface area contributed by atoms with Gasteiger partial charge in [-0.15, -0.1) is 0 Å². The summed E-state index contributed by atoms with van der Waals surface area (Å²) in [5.41, 5.74) is 8.02. The van der Waals surface area contributed by atoms with Crippen LogP contribution in [0.1, 0.15) is 34.8 Å². The van der Waals surface area contributed by atoms with Crippen molar-refractivity contribution in [1.29, 1.82) is 0 Å². The lowest BCUT2D eigenvalue weighted by molar-refractivity contribution is -0.122. The lowest BCUT2D eigenvalue weighted by Gasteiger charge is -2.19. The minimum Gasteiger partial charge on any atom is -0.480 e. The number of rotatable bonds is 6. The van der Waals surface area contributed by atoms with E-state index in [9.17, 15) is 9.59 Å². The third kappa shape index (κ3) is 4.13. The number of benzene rings is 2. The predicted molar refractivity (Wildman–Crippen MR) is 94.2 cm³/mol. The highest BCUT2D eigenvalue weighted by Gasteiger charge is 2.21. The van der Waals surface area contributed by atoms with Crippen LogP contribution in [-0.2, 0) is 4.79 Å². The zero-order valence-corrected chi connectivity index (χ0v) is 14.1. The summed E-state index contributed by atoms with van der Waals surface area (Å²) in [7, 11) is 0. The maximum Gasteiger partial charge on any atom is 0.265 e. The second kappa shape index (κ2) is 7.64. The van der Waals surface area contributed by atoms with Crippen molar-refractivity contribution in [2.75, 3.05) is 5.32 Å². The molecular formula is C19H22N2O3. The summed E-state index contributed by atoms with van der Waals surface area (Å²) in [6.45, 7) is 5.77. The standard InChI is InChI=1S/C19H22N2O3/c1-4-16(24-17-11-12(2)9-10-13(17)3)19(23)21-15-8-6-5-7-14(15)18(20)22/h5-11,16H,4H2,1-3H3,(H2,20,22)(H,21,23)/t16-/m0/s1. The van der Waals surface area contributed by atoms with Gasteiger partial charge in [0.15, 0.2) is 6.10 Å². The van der Waals surface area contributed by atoms with E-state index in [1.165, 1.54) is 0 Å². The number of anilines is 1. The summed E-state index contributed by atoms with van der Waals surface area (Å²) >= 11 is 0. The van der Waals surface area contributed by atoms with Gasteiger partial charge >= 0.3 is 0 Å². The Morgan fingerprint density at radius 1 is 1.17 bits per heavy atom. The molecule has 2 amide bonds. The van der Waals surface area contributed by atoms with Crippen molar-refractivity contribution in [1.82, 2.24) is 0 Å². The van der Waals surface area contributed by atoms with Crippen LogP contribution in [0.4, 0.5) is 5.69 Å². The van der Waals surface area contributed by atoms with Crippen LogP contribution in [0, 0.1) is 13.8 Å². The number of aryl methyl sites for hydroxylation is 2. The van der Waals surface area contributed by atoms with Crippen LogP contribution in [0.3, 0.4) is 0 Å². The van der Waals surface area contributed by atoms with Crippen LogP contribution in [0.15, 0.2) is 42.5 Å². The zero-order valence-electron chi connectivity index (χ0n) is 14.1. The Balaban J connectivity index is 2.18. The van der Waals surface area contributed by atoms with E-state index in [4.69, 9.17) is 10.5 Å². The lowest BCUT2D eigenvalue weighted by Crippen LogP contribution is -2.33. The Morgan fingerprint density at radius 2 is 1.88 bits per heavy atom. The highest BCUT2D eigenvalue weighted by atomic mass is 16.5. The van der Waals surface area contributed by atoms with Crippen LogP contribution in [0.25, 0.3) is 0 Å². The van der Waals surface area contributed by atoms with Gasteiger partial charge in [-0.1, -0.05) is 31.2 Å². The summed E-state index contributed by atoms with van der Waals surface area (Å²) in [5.74, 6) is -0.221. The topological polar surface area (TPSA) is 81.4 Å². The number of ether oxygens (including phenoxy) is 1. The van der Waals surface area contributed by atoms with E-state index < -0.39 is 12.0 Å². The molecular weight excluding hydrogens is 304 g/mol. The van der Waals surface area contributed by atoms with Gasteiger partial charge in [0.1, 0.15) is 5.75 Å². The van der Waals surface area contributed by atoms with E-state index in [0.717, 1.165) is 11.1 Å². The molecule has 2 aromatic carbocycles. The molecule has 5 heteroatoms. The Bertz CT molecular complexity index is 756. The molecule has 2 rings (SSSR count). The molecule has 0 spiro atoms. The van der Waals surface area contributed by atoms with Crippen LogP contribution in [0.5, 0.6) is 5.75 Å². The van der Waals surface area contributed by atoms with Crippen LogP contribution in [-0.4, -0.2) is 17.9 Å². The van der Waals surface area contributed by atoms with Gasteiger partial charge in [0.2, 0.25) is 0 Å². The van der Waals surface area contributed by atoms with E-state index in [1.54, 1.807) is 24.3 Å². The zero-order chi connectivity index (χ0) is 17.7. The molecule has 2 aromatic rings. The smallest absolute Gasteiger partial charge is 0.265 e. The second-order valence-corrected chi connectivity index (χ2v) is 5.68. The van der Waals surface area contributed by atoms with Gasteiger partial charge in [-0.3, -0.25) is 9.59 Å². The molecule has 3 N–H and O–H groups in total. The number of hydrogen-bond acceptors (Lipinski definition) is 3. The number of carbonyl (C=O) groups excluding carboxylic acids is 2. The van der Waals surface area contributed by atoms with Gasteiger partial charge < -0.3 is 15.8 Å². The van der Waals surface area contributed by atoms with Gasteiger partial charge in [-0.05, 0) is 49.6 Å². The molecule has 126 valence electrons. The lowest BCUT2D eigenvalue weighted by atomic mass is 10.1. The fourth-order valence-corrected chi connectivity index (χ4v) is 2.33. The third-order valence-corrected chi connectivity index (χ3v) is 3.73. The Labute approximate surface area is 141 Å². The second-order valence-electron chi connectivity index (χ2n) is 5.68. The number of primary amides is 1. The highest BCUT2D eigenvalue weighted by molar-refractivity contribution is 6.04. The Morgan fingerprint density at radius 3 is 2.54 bits per heavy atom. The van der Waals surface area contributed by atoms with E-state index >= 15 is 0 Å². The van der Waals surface area contributed by atoms with Crippen molar-refractivity contribution >= 4 is 17.5 Å². The minimum atomic E-state index is -0.661. The largest absolute Gasteiger partial charge is 0.480 e.